The first-order chi connectivity index (χ1) is 6.20. The van der Waals surface area contributed by atoms with Gasteiger partial charge in [-0.1, -0.05) is 25.7 Å². The molecule has 78 valence electrons. The number of nitrogens with two attached hydrogens (primary N) is 1. The Bertz CT molecular complexity index is 137. The quantitative estimate of drug-likeness (QED) is 0.713. The number of ether oxygens (including phenoxy) is 1. The van der Waals surface area contributed by atoms with Gasteiger partial charge in [-0.05, 0) is 25.7 Å². The number of rotatable bonds is 5. The van der Waals surface area contributed by atoms with Crippen LogP contribution in [0.3, 0.4) is 0 Å². The van der Waals surface area contributed by atoms with Gasteiger partial charge in [-0.3, -0.25) is 0 Å². The Kier molecular flexibility index (Phi) is 4.20. The molecule has 0 aromatic carbocycles. The zero-order chi connectivity index (χ0) is 9.73. The van der Waals surface area contributed by atoms with Gasteiger partial charge in [0, 0.05) is 13.7 Å². The maximum Gasteiger partial charge on any atom is 0.0772 e. The van der Waals surface area contributed by atoms with Gasteiger partial charge in [0.05, 0.1) is 5.60 Å². The predicted octanol–water partition coefficient (Wildman–Crippen LogP) is 2.32. The average Bonchev–Trinajstić information content (AvgIpc) is 2.67. The van der Waals surface area contributed by atoms with Gasteiger partial charge < -0.3 is 10.5 Å². The van der Waals surface area contributed by atoms with Crippen LogP contribution in [0.5, 0.6) is 0 Å². The first-order valence-corrected chi connectivity index (χ1v) is 5.45. The van der Waals surface area contributed by atoms with Gasteiger partial charge in [0.15, 0.2) is 0 Å². The van der Waals surface area contributed by atoms with Crippen molar-refractivity contribution in [1.82, 2.24) is 0 Å². The third-order valence-electron chi connectivity index (χ3n) is 3.48. The fraction of sp³-hybridized carbons (Fsp3) is 1.00. The summed E-state index contributed by atoms with van der Waals surface area (Å²) in [6.07, 6.45) is 8.11. The van der Waals surface area contributed by atoms with E-state index in [0.717, 1.165) is 12.3 Å². The van der Waals surface area contributed by atoms with E-state index >= 15 is 0 Å². The molecule has 1 fully saturated rings. The van der Waals surface area contributed by atoms with E-state index in [0.29, 0.717) is 6.54 Å². The van der Waals surface area contributed by atoms with Gasteiger partial charge >= 0.3 is 0 Å². The van der Waals surface area contributed by atoms with Gasteiger partial charge in [0.2, 0.25) is 0 Å². The molecular weight excluding hydrogens is 162 g/mol. The number of methoxy groups -OCH3 is 1. The van der Waals surface area contributed by atoms with Crippen molar-refractivity contribution in [2.24, 2.45) is 11.7 Å². The summed E-state index contributed by atoms with van der Waals surface area (Å²) < 4.78 is 5.42. The minimum atomic E-state index is -0.0808. The SMILES string of the molecule is COC(C)(CN)CCC1CCCC1. The Morgan fingerprint density at radius 3 is 2.46 bits per heavy atom. The van der Waals surface area contributed by atoms with Gasteiger partial charge in [-0.25, -0.2) is 0 Å². The summed E-state index contributed by atoms with van der Waals surface area (Å²) in [5.74, 6) is 0.945. The summed E-state index contributed by atoms with van der Waals surface area (Å²) in [5.41, 5.74) is 5.60. The fourth-order valence-corrected chi connectivity index (χ4v) is 2.10. The van der Waals surface area contributed by atoms with Crippen LogP contribution in [0.15, 0.2) is 0 Å². The molecule has 0 heterocycles. The molecule has 2 N–H and O–H groups in total. The van der Waals surface area contributed by atoms with Gasteiger partial charge in [-0.2, -0.15) is 0 Å². The highest BCUT2D eigenvalue weighted by molar-refractivity contribution is 4.78. The van der Waals surface area contributed by atoms with Crippen LogP contribution in [-0.4, -0.2) is 19.3 Å². The van der Waals surface area contributed by atoms with Crippen molar-refractivity contribution in [1.29, 1.82) is 0 Å². The summed E-state index contributed by atoms with van der Waals surface area (Å²) >= 11 is 0. The molecule has 2 nitrogen and oxygen atoms in total. The topological polar surface area (TPSA) is 35.2 Å². The Morgan fingerprint density at radius 1 is 1.38 bits per heavy atom. The number of hydrogen-bond donors (Lipinski definition) is 1. The lowest BCUT2D eigenvalue weighted by atomic mass is 9.92. The molecule has 0 spiro atoms. The molecule has 0 aliphatic heterocycles. The van der Waals surface area contributed by atoms with E-state index in [1.807, 2.05) is 0 Å². The minimum absolute atomic E-state index is 0.0808. The van der Waals surface area contributed by atoms with Crippen LogP contribution in [0.2, 0.25) is 0 Å². The smallest absolute Gasteiger partial charge is 0.0772 e. The van der Waals surface area contributed by atoms with Crippen molar-refractivity contribution >= 4 is 0 Å². The van der Waals surface area contributed by atoms with E-state index in [9.17, 15) is 0 Å². The molecule has 0 amide bonds. The summed E-state index contributed by atoms with van der Waals surface area (Å²) in [6, 6.07) is 0. The maximum absolute atomic E-state index is 5.68. The van der Waals surface area contributed by atoms with E-state index in [4.69, 9.17) is 10.5 Å². The summed E-state index contributed by atoms with van der Waals surface area (Å²) in [6.45, 7) is 2.75. The van der Waals surface area contributed by atoms with Crippen LogP contribution < -0.4 is 5.73 Å². The molecule has 1 aliphatic rings. The van der Waals surface area contributed by atoms with Crippen molar-refractivity contribution in [3.63, 3.8) is 0 Å². The molecule has 0 aromatic heterocycles. The third-order valence-corrected chi connectivity index (χ3v) is 3.48. The highest BCUT2D eigenvalue weighted by atomic mass is 16.5. The maximum atomic E-state index is 5.68. The Hall–Kier alpha value is -0.0800. The van der Waals surface area contributed by atoms with Crippen LogP contribution in [0, 0.1) is 5.92 Å². The lowest BCUT2D eigenvalue weighted by Crippen LogP contribution is -2.36. The average molecular weight is 185 g/mol. The normalized spacial score (nSPS) is 23.3. The molecule has 1 aliphatic carbocycles. The Balaban J connectivity index is 2.22. The summed E-state index contributed by atoms with van der Waals surface area (Å²) in [4.78, 5) is 0. The van der Waals surface area contributed by atoms with Crippen LogP contribution in [0.1, 0.15) is 45.4 Å². The molecule has 2 heteroatoms. The molecule has 1 atom stereocenters. The van der Waals surface area contributed by atoms with Crippen LogP contribution in [-0.2, 0) is 4.74 Å². The molecule has 0 saturated heterocycles. The highest BCUT2D eigenvalue weighted by Crippen LogP contribution is 2.31. The summed E-state index contributed by atoms with van der Waals surface area (Å²) in [5, 5.41) is 0. The lowest BCUT2D eigenvalue weighted by Gasteiger charge is -2.27. The molecule has 1 rings (SSSR count). The molecule has 13 heavy (non-hydrogen) atoms. The van der Waals surface area contributed by atoms with E-state index < -0.39 is 0 Å². The number of hydrogen-bond acceptors (Lipinski definition) is 2. The van der Waals surface area contributed by atoms with Gasteiger partial charge in [0.25, 0.3) is 0 Å². The van der Waals surface area contributed by atoms with Crippen molar-refractivity contribution in [2.45, 2.75) is 51.0 Å². The largest absolute Gasteiger partial charge is 0.377 e. The fourth-order valence-electron chi connectivity index (χ4n) is 2.10. The second-order valence-corrected chi connectivity index (χ2v) is 4.55. The predicted molar refractivity (Wildman–Crippen MR) is 55.7 cm³/mol. The van der Waals surface area contributed by atoms with Crippen molar-refractivity contribution < 1.29 is 4.74 Å². The van der Waals surface area contributed by atoms with Gasteiger partial charge in [-0.15, -0.1) is 0 Å². The van der Waals surface area contributed by atoms with Gasteiger partial charge in [0.1, 0.15) is 0 Å². The first kappa shape index (κ1) is 11.0. The second-order valence-electron chi connectivity index (χ2n) is 4.55. The molecular formula is C11H23NO. The standard InChI is InChI=1S/C11H23NO/c1-11(9-12,13-2)8-7-10-5-3-4-6-10/h10H,3-9,12H2,1-2H3. The second kappa shape index (κ2) is 4.97. The molecule has 0 bridgehead atoms. The minimum Gasteiger partial charge on any atom is -0.377 e. The van der Waals surface area contributed by atoms with E-state index in [2.05, 4.69) is 6.92 Å². The Morgan fingerprint density at radius 2 is 2.00 bits per heavy atom. The summed E-state index contributed by atoms with van der Waals surface area (Å²) in [7, 11) is 1.77. The van der Waals surface area contributed by atoms with Crippen LogP contribution >= 0.6 is 0 Å². The zero-order valence-electron chi connectivity index (χ0n) is 9.01. The third kappa shape index (κ3) is 3.28. The van der Waals surface area contributed by atoms with E-state index in [1.165, 1.54) is 32.1 Å². The molecule has 1 unspecified atom stereocenters. The molecule has 0 radical (unpaired) electrons. The zero-order valence-corrected chi connectivity index (χ0v) is 9.01. The van der Waals surface area contributed by atoms with Crippen molar-refractivity contribution in [3.8, 4) is 0 Å². The van der Waals surface area contributed by atoms with Crippen LogP contribution in [0.4, 0.5) is 0 Å². The van der Waals surface area contributed by atoms with E-state index in [1.54, 1.807) is 7.11 Å². The monoisotopic (exact) mass is 185 g/mol. The molecule has 0 aromatic rings. The Labute approximate surface area is 81.8 Å². The van der Waals surface area contributed by atoms with Crippen molar-refractivity contribution in [3.05, 3.63) is 0 Å². The first-order valence-electron chi connectivity index (χ1n) is 5.45. The lowest BCUT2D eigenvalue weighted by molar-refractivity contribution is 0.00200. The molecule has 1 saturated carbocycles. The van der Waals surface area contributed by atoms with Crippen molar-refractivity contribution in [2.75, 3.05) is 13.7 Å². The van der Waals surface area contributed by atoms with E-state index in [-0.39, 0.29) is 5.60 Å². The highest BCUT2D eigenvalue weighted by Gasteiger charge is 2.24. The van der Waals surface area contributed by atoms with Crippen LogP contribution in [0.25, 0.3) is 0 Å².